The van der Waals surface area contributed by atoms with Crippen LogP contribution in [0.5, 0.6) is 0 Å². The van der Waals surface area contributed by atoms with Crippen LogP contribution in [0.2, 0.25) is 29.6 Å². The van der Waals surface area contributed by atoms with Crippen LogP contribution in [0.3, 0.4) is 0 Å². The van der Waals surface area contributed by atoms with Crippen LogP contribution in [0, 0.1) is 0 Å². The van der Waals surface area contributed by atoms with E-state index in [-0.39, 0.29) is 0 Å². The van der Waals surface area contributed by atoms with Crippen LogP contribution >= 0.6 is 11.3 Å². The molecule has 1 aromatic heterocycles. The Balaban J connectivity index is 2.65. The molecule has 1 heterocycles. The second kappa shape index (κ2) is 5.72. The standard InChI is InChI=1S/C10H6S.6CH3.2Sn/c1-2-5-9(6-3-1)10-7-4-8-11-10;;;;;;;;/h1-5,8H;6*1H3;;. The number of hydrogen-bond acceptors (Lipinski definition) is 1. The third-order valence-electron chi connectivity index (χ3n) is 3.45. The van der Waals surface area contributed by atoms with Crippen LogP contribution in [0.4, 0.5) is 0 Å². The van der Waals surface area contributed by atoms with Gasteiger partial charge in [0, 0.05) is 0 Å². The van der Waals surface area contributed by atoms with Crippen molar-refractivity contribution in [2.75, 3.05) is 0 Å². The van der Waals surface area contributed by atoms with Gasteiger partial charge in [-0.15, -0.1) is 0 Å². The summed E-state index contributed by atoms with van der Waals surface area (Å²) >= 11 is -2.11. The van der Waals surface area contributed by atoms with Crippen LogP contribution < -0.4 is 7.16 Å². The molecule has 0 nitrogen and oxygen atoms in total. The van der Waals surface area contributed by atoms with Gasteiger partial charge in [-0.1, -0.05) is 0 Å². The van der Waals surface area contributed by atoms with E-state index in [2.05, 4.69) is 65.3 Å². The monoisotopic (exact) mass is 488 g/mol. The van der Waals surface area contributed by atoms with Gasteiger partial charge in [0.25, 0.3) is 0 Å². The molecular formula is C16H24SSn2. The first-order valence-electron chi connectivity index (χ1n) is 6.89. The van der Waals surface area contributed by atoms with Crippen molar-refractivity contribution < 1.29 is 0 Å². The molecule has 0 N–H and O–H groups in total. The third kappa shape index (κ3) is 3.59. The Kier molecular flexibility index (Phi) is 4.79. The minimum atomic E-state index is -2.05. The zero-order valence-corrected chi connectivity index (χ0v) is 19.4. The van der Waals surface area contributed by atoms with E-state index in [1.54, 1.807) is 17.6 Å². The normalized spacial score (nSPS) is 12.7. The molecule has 2 rings (SSSR count). The van der Waals surface area contributed by atoms with Crippen LogP contribution in [0.25, 0.3) is 10.4 Å². The fraction of sp³-hybridized carbons (Fsp3) is 0.375. The van der Waals surface area contributed by atoms with Crippen LogP contribution in [-0.4, -0.2) is 36.8 Å². The van der Waals surface area contributed by atoms with Crippen LogP contribution in [0.1, 0.15) is 0 Å². The number of hydrogen-bond donors (Lipinski definition) is 0. The summed E-state index contributed by atoms with van der Waals surface area (Å²) in [5, 5.41) is 2.29. The van der Waals surface area contributed by atoms with Crippen molar-refractivity contribution in [2.24, 2.45) is 0 Å². The van der Waals surface area contributed by atoms with Gasteiger partial charge in [0.15, 0.2) is 0 Å². The molecule has 0 saturated heterocycles. The molecule has 1 aromatic carbocycles. The zero-order valence-electron chi connectivity index (χ0n) is 12.9. The van der Waals surface area contributed by atoms with Gasteiger partial charge >= 0.3 is 131 Å². The summed E-state index contributed by atoms with van der Waals surface area (Å²) in [6.07, 6.45) is 0. The molecule has 0 unspecified atom stereocenters. The van der Waals surface area contributed by atoms with E-state index in [0.29, 0.717) is 0 Å². The van der Waals surface area contributed by atoms with Gasteiger partial charge in [-0.05, 0) is 0 Å². The molecule has 0 radical (unpaired) electrons. The van der Waals surface area contributed by atoms with E-state index in [4.69, 9.17) is 0 Å². The Morgan fingerprint density at radius 1 is 0.737 bits per heavy atom. The van der Waals surface area contributed by atoms with E-state index in [1.807, 2.05) is 11.3 Å². The summed E-state index contributed by atoms with van der Waals surface area (Å²) < 4.78 is 3.37. The van der Waals surface area contributed by atoms with E-state index in [9.17, 15) is 0 Å². The first-order chi connectivity index (χ1) is 8.71. The molecule has 0 aliphatic rings. The fourth-order valence-electron chi connectivity index (χ4n) is 2.44. The topological polar surface area (TPSA) is 0 Å². The average molecular weight is 486 g/mol. The predicted molar refractivity (Wildman–Crippen MR) is 95.7 cm³/mol. The number of rotatable bonds is 3. The second-order valence-electron chi connectivity index (χ2n) is 7.21. The Morgan fingerprint density at radius 2 is 1.32 bits per heavy atom. The molecule has 102 valence electrons. The van der Waals surface area contributed by atoms with Gasteiger partial charge in [0.2, 0.25) is 0 Å². The summed E-state index contributed by atoms with van der Waals surface area (Å²) in [6, 6.07) is 11.6. The SMILES string of the molecule is [CH3][Sn]([CH3])([CH3])[c]1ccccc1-c1scc[c]1[Sn]([CH3])([CH3])[CH3]. The van der Waals surface area contributed by atoms with Gasteiger partial charge in [-0.3, -0.25) is 0 Å². The minimum absolute atomic E-state index is 1.54. The molecule has 0 saturated carbocycles. The molecule has 0 bridgehead atoms. The van der Waals surface area contributed by atoms with Gasteiger partial charge in [0.05, 0.1) is 0 Å². The Labute approximate surface area is 130 Å². The van der Waals surface area contributed by atoms with Gasteiger partial charge in [-0.25, -0.2) is 0 Å². The molecule has 0 aliphatic heterocycles. The fourth-order valence-corrected chi connectivity index (χ4v) is 15.0. The molecule has 0 fully saturated rings. The van der Waals surface area contributed by atoms with Crippen molar-refractivity contribution in [1.82, 2.24) is 0 Å². The van der Waals surface area contributed by atoms with E-state index in [0.717, 1.165) is 0 Å². The summed E-state index contributed by atoms with van der Waals surface area (Å²) in [5.41, 5.74) is 1.54. The summed E-state index contributed by atoms with van der Waals surface area (Å²) in [7, 11) is 0. The maximum absolute atomic E-state index is 2.52. The molecule has 0 amide bonds. The molecule has 3 heteroatoms. The van der Waals surface area contributed by atoms with E-state index >= 15 is 0 Å². The Bertz CT molecular complexity index is 571. The first-order valence-corrected chi connectivity index (χ1v) is 27.7. The van der Waals surface area contributed by atoms with Crippen molar-refractivity contribution in [3.05, 3.63) is 35.7 Å². The zero-order chi connectivity index (χ0) is 14.3. The van der Waals surface area contributed by atoms with Crippen molar-refractivity contribution >= 4 is 55.2 Å². The molecule has 0 spiro atoms. The van der Waals surface area contributed by atoms with E-state index < -0.39 is 36.8 Å². The Hall–Kier alpha value is 0.517. The van der Waals surface area contributed by atoms with Crippen molar-refractivity contribution in [2.45, 2.75) is 29.6 Å². The van der Waals surface area contributed by atoms with Gasteiger partial charge in [0.1, 0.15) is 0 Å². The van der Waals surface area contributed by atoms with Gasteiger partial charge in [-0.2, -0.15) is 0 Å². The van der Waals surface area contributed by atoms with E-state index in [1.165, 1.54) is 0 Å². The van der Waals surface area contributed by atoms with Crippen LogP contribution in [0.15, 0.2) is 35.7 Å². The molecule has 0 aliphatic carbocycles. The Morgan fingerprint density at radius 3 is 1.89 bits per heavy atom. The van der Waals surface area contributed by atoms with Crippen molar-refractivity contribution in [3.63, 3.8) is 0 Å². The predicted octanol–water partition coefficient (Wildman–Crippen LogP) is 4.51. The van der Waals surface area contributed by atoms with Crippen molar-refractivity contribution in [1.29, 1.82) is 0 Å². The van der Waals surface area contributed by atoms with Gasteiger partial charge < -0.3 is 0 Å². The average Bonchev–Trinajstić information content (AvgIpc) is 2.76. The molecule has 0 atom stereocenters. The number of thiophene rings is 1. The number of benzene rings is 1. The molecular weight excluding hydrogens is 462 g/mol. The van der Waals surface area contributed by atoms with Crippen molar-refractivity contribution in [3.8, 4) is 10.4 Å². The molecule has 19 heavy (non-hydrogen) atoms. The quantitative estimate of drug-likeness (QED) is 0.561. The summed E-state index contributed by atoms with van der Waals surface area (Å²) in [4.78, 5) is 16.7. The maximum atomic E-state index is 2.52. The first kappa shape index (κ1) is 15.9. The third-order valence-corrected chi connectivity index (χ3v) is 16.6. The molecule has 2 aromatic rings. The summed E-state index contributed by atoms with van der Waals surface area (Å²) in [6.45, 7) is 0. The van der Waals surface area contributed by atoms with Crippen LogP contribution in [-0.2, 0) is 0 Å². The second-order valence-corrected chi connectivity index (χ2v) is 36.9. The summed E-state index contributed by atoms with van der Waals surface area (Å²) in [5.74, 6) is 0.